The van der Waals surface area contributed by atoms with Crippen molar-refractivity contribution in [2.24, 2.45) is 0 Å². The van der Waals surface area contributed by atoms with E-state index in [1.165, 1.54) is 22.3 Å². The maximum atomic E-state index is 2.21. The Morgan fingerprint density at radius 3 is 1.00 bits per heavy atom. The SMILES string of the molecule is C/C=C(C)\C(=C/C)CC.C/C=C(CC)\C(=C/C)CC. The minimum Gasteiger partial charge on any atom is -0.0845 e. The van der Waals surface area contributed by atoms with Crippen LogP contribution in [0.15, 0.2) is 46.6 Å². The fourth-order valence-corrected chi connectivity index (χ4v) is 2.13. The largest absolute Gasteiger partial charge is 0.0845 e. The van der Waals surface area contributed by atoms with Crippen molar-refractivity contribution in [2.75, 3.05) is 0 Å². The van der Waals surface area contributed by atoms with Gasteiger partial charge in [-0.25, -0.2) is 0 Å². The third-order valence-electron chi connectivity index (χ3n) is 3.54. The Labute approximate surface area is 122 Å². The second kappa shape index (κ2) is 13.4. The lowest BCUT2D eigenvalue weighted by molar-refractivity contribution is 1.02. The molecule has 19 heavy (non-hydrogen) atoms. The lowest BCUT2D eigenvalue weighted by Gasteiger charge is -2.05. The van der Waals surface area contributed by atoms with Crippen LogP contribution >= 0.6 is 0 Å². The maximum Gasteiger partial charge on any atom is -0.0308 e. The molecule has 0 aromatic heterocycles. The maximum absolute atomic E-state index is 2.21. The summed E-state index contributed by atoms with van der Waals surface area (Å²) in [5, 5.41) is 0. The van der Waals surface area contributed by atoms with Crippen LogP contribution < -0.4 is 0 Å². The Kier molecular flexibility index (Phi) is 14.3. The second-order valence-electron chi connectivity index (χ2n) is 4.47. The van der Waals surface area contributed by atoms with E-state index in [0.717, 1.165) is 19.3 Å². The molecular formula is C19H34. The van der Waals surface area contributed by atoms with Gasteiger partial charge in [-0.1, -0.05) is 50.6 Å². The summed E-state index contributed by atoms with van der Waals surface area (Å²) in [6.45, 7) is 17.1. The zero-order valence-electron chi connectivity index (χ0n) is 14.4. The summed E-state index contributed by atoms with van der Waals surface area (Å²) in [5.74, 6) is 0. The van der Waals surface area contributed by atoms with Gasteiger partial charge in [-0.2, -0.15) is 0 Å². The van der Waals surface area contributed by atoms with Gasteiger partial charge in [0.2, 0.25) is 0 Å². The van der Waals surface area contributed by atoms with Crippen LogP contribution in [0.5, 0.6) is 0 Å². The highest BCUT2D eigenvalue weighted by molar-refractivity contribution is 5.29. The average Bonchev–Trinajstić information content (AvgIpc) is 2.46. The fraction of sp³-hybridized carbons (Fsp3) is 0.579. The highest BCUT2D eigenvalue weighted by atomic mass is 14.0. The zero-order chi connectivity index (χ0) is 15.3. The van der Waals surface area contributed by atoms with Crippen LogP contribution in [0, 0.1) is 0 Å². The van der Waals surface area contributed by atoms with Crippen LogP contribution in [-0.4, -0.2) is 0 Å². The van der Waals surface area contributed by atoms with Crippen LogP contribution in [0.2, 0.25) is 0 Å². The first-order chi connectivity index (χ1) is 9.05. The summed E-state index contributed by atoms with van der Waals surface area (Å²) >= 11 is 0. The first-order valence-corrected chi connectivity index (χ1v) is 7.65. The summed E-state index contributed by atoms with van der Waals surface area (Å²) < 4.78 is 0. The number of hydrogen-bond acceptors (Lipinski definition) is 0. The molecule has 0 spiro atoms. The van der Waals surface area contributed by atoms with E-state index in [1.807, 2.05) is 0 Å². The van der Waals surface area contributed by atoms with E-state index in [2.05, 4.69) is 79.7 Å². The van der Waals surface area contributed by atoms with Gasteiger partial charge in [0.25, 0.3) is 0 Å². The van der Waals surface area contributed by atoms with Gasteiger partial charge in [0.1, 0.15) is 0 Å². The van der Waals surface area contributed by atoms with Gasteiger partial charge in [-0.05, 0) is 70.6 Å². The molecule has 0 rings (SSSR count). The van der Waals surface area contributed by atoms with E-state index >= 15 is 0 Å². The molecule has 0 saturated heterocycles. The number of rotatable bonds is 5. The molecule has 0 aliphatic rings. The van der Waals surface area contributed by atoms with Crippen molar-refractivity contribution in [3.8, 4) is 0 Å². The van der Waals surface area contributed by atoms with Gasteiger partial charge in [0.15, 0.2) is 0 Å². The summed E-state index contributed by atoms with van der Waals surface area (Å²) in [5.41, 5.74) is 5.84. The normalized spacial score (nSPS) is 14.1. The van der Waals surface area contributed by atoms with Gasteiger partial charge in [-0.3, -0.25) is 0 Å². The smallest absolute Gasteiger partial charge is 0.0308 e. The van der Waals surface area contributed by atoms with Crippen molar-refractivity contribution < 1.29 is 0 Å². The first kappa shape index (κ1) is 20.3. The van der Waals surface area contributed by atoms with Crippen molar-refractivity contribution in [3.63, 3.8) is 0 Å². The quantitative estimate of drug-likeness (QED) is 0.467. The third-order valence-corrected chi connectivity index (χ3v) is 3.54. The standard InChI is InChI=1S/C10H18.C9H16/c1-5-9(6-2)10(7-3)8-4;1-5-8(4)9(6-2)7-3/h5,7H,6,8H2,1-4H3;5-6H,7H2,1-4H3/b9-5-,10-7-;8-5-,9-6-. The van der Waals surface area contributed by atoms with Gasteiger partial charge < -0.3 is 0 Å². The lowest BCUT2D eigenvalue weighted by atomic mass is 10.0. The van der Waals surface area contributed by atoms with Crippen molar-refractivity contribution in [2.45, 2.75) is 74.7 Å². The molecule has 0 saturated carbocycles. The number of hydrogen-bond donors (Lipinski definition) is 0. The minimum atomic E-state index is 1.15. The van der Waals surface area contributed by atoms with E-state index < -0.39 is 0 Å². The predicted octanol–water partition coefficient (Wildman–Crippen LogP) is 7.01. The molecule has 0 fully saturated rings. The second-order valence-corrected chi connectivity index (χ2v) is 4.47. The Balaban J connectivity index is 0. The molecule has 110 valence electrons. The van der Waals surface area contributed by atoms with E-state index in [4.69, 9.17) is 0 Å². The van der Waals surface area contributed by atoms with Crippen LogP contribution in [-0.2, 0) is 0 Å². The van der Waals surface area contributed by atoms with Crippen molar-refractivity contribution in [1.29, 1.82) is 0 Å². The van der Waals surface area contributed by atoms with Gasteiger partial charge in [0, 0.05) is 0 Å². The zero-order valence-corrected chi connectivity index (χ0v) is 14.4. The molecule has 0 N–H and O–H groups in total. The molecular weight excluding hydrogens is 228 g/mol. The van der Waals surface area contributed by atoms with Gasteiger partial charge in [-0.15, -0.1) is 0 Å². The molecule has 0 heterocycles. The number of allylic oxidation sites excluding steroid dienone is 8. The molecule has 0 aliphatic carbocycles. The third kappa shape index (κ3) is 8.64. The van der Waals surface area contributed by atoms with E-state index in [0.29, 0.717) is 0 Å². The molecule has 0 atom stereocenters. The van der Waals surface area contributed by atoms with Gasteiger partial charge >= 0.3 is 0 Å². The highest BCUT2D eigenvalue weighted by Crippen LogP contribution is 2.16. The molecule has 0 radical (unpaired) electrons. The highest BCUT2D eigenvalue weighted by Gasteiger charge is 1.96. The average molecular weight is 262 g/mol. The fourth-order valence-electron chi connectivity index (χ4n) is 2.13. The molecule has 0 aliphatic heterocycles. The van der Waals surface area contributed by atoms with Crippen LogP contribution in [0.4, 0.5) is 0 Å². The van der Waals surface area contributed by atoms with Crippen molar-refractivity contribution in [3.05, 3.63) is 46.6 Å². The Bertz CT molecular complexity index is 317. The molecule has 0 amide bonds. The Morgan fingerprint density at radius 1 is 0.579 bits per heavy atom. The first-order valence-electron chi connectivity index (χ1n) is 7.65. The molecule has 0 bridgehead atoms. The van der Waals surface area contributed by atoms with Crippen LogP contribution in [0.3, 0.4) is 0 Å². The van der Waals surface area contributed by atoms with E-state index in [-0.39, 0.29) is 0 Å². The topological polar surface area (TPSA) is 0 Å². The van der Waals surface area contributed by atoms with Crippen molar-refractivity contribution >= 4 is 0 Å². The summed E-state index contributed by atoms with van der Waals surface area (Å²) in [6.07, 6.45) is 12.2. The summed E-state index contributed by atoms with van der Waals surface area (Å²) in [4.78, 5) is 0. The van der Waals surface area contributed by atoms with Crippen molar-refractivity contribution in [1.82, 2.24) is 0 Å². The summed E-state index contributed by atoms with van der Waals surface area (Å²) in [7, 11) is 0. The molecule has 0 unspecified atom stereocenters. The van der Waals surface area contributed by atoms with E-state index in [9.17, 15) is 0 Å². The van der Waals surface area contributed by atoms with Gasteiger partial charge in [0.05, 0.1) is 0 Å². The Hall–Kier alpha value is -1.04. The lowest BCUT2D eigenvalue weighted by Crippen LogP contribution is -1.85. The molecule has 0 nitrogen and oxygen atoms in total. The van der Waals surface area contributed by atoms with Crippen LogP contribution in [0.25, 0.3) is 0 Å². The Morgan fingerprint density at radius 2 is 0.895 bits per heavy atom. The monoisotopic (exact) mass is 262 g/mol. The predicted molar refractivity (Wildman–Crippen MR) is 91.6 cm³/mol. The molecule has 0 aromatic carbocycles. The van der Waals surface area contributed by atoms with Crippen LogP contribution in [0.1, 0.15) is 74.7 Å². The summed E-state index contributed by atoms with van der Waals surface area (Å²) in [6, 6.07) is 0. The molecule has 0 aromatic rings. The molecule has 0 heteroatoms. The van der Waals surface area contributed by atoms with E-state index in [1.54, 1.807) is 0 Å². The minimum absolute atomic E-state index is 1.15.